The summed E-state index contributed by atoms with van der Waals surface area (Å²) in [6, 6.07) is 12.8. The molecule has 0 aliphatic rings. The van der Waals surface area contributed by atoms with Gasteiger partial charge < -0.3 is 20.5 Å². The molecule has 0 saturated heterocycles. The van der Waals surface area contributed by atoms with E-state index in [1.807, 2.05) is 24.3 Å². The molecule has 7 nitrogen and oxygen atoms in total. The molecule has 150 valence electrons. The summed E-state index contributed by atoms with van der Waals surface area (Å²) >= 11 is 0. The van der Waals surface area contributed by atoms with Crippen molar-refractivity contribution < 1.29 is 14.6 Å². The molecule has 0 radical (unpaired) electrons. The largest absolute Gasteiger partial charge is 0.504 e. The Morgan fingerprint density at radius 2 is 2.03 bits per heavy atom. The van der Waals surface area contributed by atoms with Gasteiger partial charge in [-0.15, -0.1) is 0 Å². The van der Waals surface area contributed by atoms with Gasteiger partial charge in [0.1, 0.15) is 5.82 Å². The first-order chi connectivity index (χ1) is 14.0. The Hall–Kier alpha value is -3.61. The fraction of sp³-hybridized carbons (Fsp3) is 0.227. The van der Waals surface area contributed by atoms with Crippen LogP contribution in [0.3, 0.4) is 0 Å². The minimum absolute atomic E-state index is 0.00242. The van der Waals surface area contributed by atoms with Gasteiger partial charge in [0.25, 0.3) is 0 Å². The second kappa shape index (κ2) is 9.05. The highest BCUT2D eigenvalue weighted by Gasteiger charge is 2.13. The van der Waals surface area contributed by atoms with E-state index in [1.54, 1.807) is 30.6 Å². The van der Waals surface area contributed by atoms with Gasteiger partial charge in [-0.2, -0.15) is 0 Å². The van der Waals surface area contributed by atoms with E-state index in [0.29, 0.717) is 17.3 Å². The zero-order chi connectivity index (χ0) is 20.8. The minimum Gasteiger partial charge on any atom is -0.504 e. The molecule has 0 saturated carbocycles. The third kappa shape index (κ3) is 5.01. The summed E-state index contributed by atoms with van der Waals surface area (Å²) in [5, 5.41) is 16.0. The molecule has 3 aromatic rings. The van der Waals surface area contributed by atoms with Crippen molar-refractivity contribution in [3.05, 3.63) is 60.4 Å². The van der Waals surface area contributed by atoms with Crippen LogP contribution >= 0.6 is 0 Å². The van der Waals surface area contributed by atoms with Gasteiger partial charge in [-0.25, -0.2) is 4.98 Å². The molecule has 1 amide bonds. The number of anilines is 2. The van der Waals surface area contributed by atoms with Gasteiger partial charge >= 0.3 is 0 Å². The number of phenols is 1. The lowest BCUT2D eigenvalue weighted by Gasteiger charge is -2.19. The molecular formula is C22H24N4O3. The van der Waals surface area contributed by atoms with E-state index in [9.17, 15) is 9.90 Å². The molecule has 1 atom stereocenters. The van der Waals surface area contributed by atoms with Crippen LogP contribution in [-0.2, 0) is 4.79 Å². The summed E-state index contributed by atoms with van der Waals surface area (Å²) in [4.78, 5) is 20.3. The number of ether oxygens (including phenoxy) is 1. The highest BCUT2D eigenvalue weighted by Crippen LogP contribution is 2.31. The number of aromatic nitrogens is 2. The van der Waals surface area contributed by atoms with Crippen LogP contribution in [0, 0.1) is 0 Å². The first-order valence-corrected chi connectivity index (χ1v) is 9.33. The first kappa shape index (κ1) is 20.1. The van der Waals surface area contributed by atoms with Crippen molar-refractivity contribution in [2.45, 2.75) is 26.3 Å². The number of aromatic hydroxyl groups is 1. The van der Waals surface area contributed by atoms with Gasteiger partial charge in [-0.1, -0.05) is 19.1 Å². The quantitative estimate of drug-likeness (QED) is 0.552. The fourth-order valence-corrected chi connectivity index (χ4v) is 3.05. The first-order valence-electron chi connectivity index (χ1n) is 9.33. The molecule has 0 spiro atoms. The van der Waals surface area contributed by atoms with Gasteiger partial charge in [0, 0.05) is 18.2 Å². The van der Waals surface area contributed by atoms with Crippen molar-refractivity contribution in [2.75, 3.05) is 17.7 Å². The second-order valence-corrected chi connectivity index (χ2v) is 6.59. The van der Waals surface area contributed by atoms with Gasteiger partial charge in [-0.3, -0.25) is 9.78 Å². The van der Waals surface area contributed by atoms with Gasteiger partial charge in [-0.05, 0) is 42.3 Å². The number of amides is 1. The van der Waals surface area contributed by atoms with E-state index in [-0.39, 0.29) is 17.7 Å². The van der Waals surface area contributed by atoms with Gasteiger partial charge in [0.05, 0.1) is 31.2 Å². The predicted octanol–water partition coefficient (Wildman–Crippen LogP) is 4.38. The van der Waals surface area contributed by atoms with E-state index in [0.717, 1.165) is 23.2 Å². The van der Waals surface area contributed by atoms with Crippen molar-refractivity contribution in [2.24, 2.45) is 0 Å². The van der Waals surface area contributed by atoms with Crippen LogP contribution in [-0.4, -0.2) is 28.1 Å². The smallest absolute Gasteiger partial charge is 0.221 e. The molecule has 0 aliphatic carbocycles. The Labute approximate surface area is 169 Å². The summed E-state index contributed by atoms with van der Waals surface area (Å²) in [6.45, 7) is 3.56. The number of rotatable bonds is 7. The number of methoxy groups -OCH3 is 1. The topological polar surface area (TPSA) is 96.4 Å². The molecule has 0 fully saturated rings. The minimum atomic E-state index is -0.106. The van der Waals surface area contributed by atoms with Crippen molar-refractivity contribution in [3.8, 4) is 22.8 Å². The van der Waals surface area contributed by atoms with Crippen LogP contribution in [0.25, 0.3) is 11.3 Å². The van der Waals surface area contributed by atoms with Crippen LogP contribution in [0.4, 0.5) is 11.5 Å². The Bertz CT molecular complexity index is 1010. The van der Waals surface area contributed by atoms with Gasteiger partial charge in [0.2, 0.25) is 5.91 Å². The van der Waals surface area contributed by atoms with Crippen molar-refractivity contribution in [1.82, 2.24) is 9.97 Å². The Morgan fingerprint density at radius 1 is 1.21 bits per heavy atom. The zero-order valence-electron chi connectivity index (χ0n) is 16.6. The van der Waals surface area contributed by atoms with E-state index in [1.165, 1.54) is 14.0 Å². The summed E-state index contributed by atoms with van der Waals surface area (Å²) in [5.74, 6) is 0.977. The summed E-state index contributed by atoms with van der Waals surface area (Å²) in [5.41, 5.74) is 3.25. The van der Waals surface area contributed by atoms with Crippen LogP contribution in [0.5, 0.6) is 11.5 Å². The Morgan fingerprint density at radius 3 is 2.76 bits per heavy atom. The molecule has 1 unspecified atom stereocenters. The van der Waals surface area contributed by atoms with E-state index in [4.69, 9.17) is 4.74 Å². The van der Waals surface area contributed by atoms with Crippen LogP contribution < -0.4 is 15.4 Å². The average molecular weight is 392 g/mol. The number of phenolic OH excluding ortho intramolecular Hbond substituents is 1. The van der Waals surface area contributed by atoms with E-state index < -0.39 is 0 Å². The molecular weight excluding hydrogens is 368 g/mol. The monoisotopic (exact) mass is 392 g/mol. The summed E-state index contributed by atoms with van der Waals surface area (Å²) in [7, 11) is 1.50. The third-order valence-electron chi connectivity index (χ3n) is 4.45. The second-order valence-electron chi connectivity index (χ2n) is 6.59. The highest BCUT2D eigenvalue weighted by molar-refractivity contribution is 5.88. The normalized spacial score (nSPS) is 11.6. The van der Waals surface area contributed by atoms with Crippen molar-refractivity contribution in [1.29, 1.82) is 0 Å². The number of hydrogen-bond acceptors (Lipinski definition) is 6. The number of carbonyl (C=O) groups is 1. The standard InChI is InChI=1S/C22H24N4O3/c1-4-18(15-6-5-7-17(10-15)24-14(2)27)25-22-13-23-12-19(26-22)16-8-9-20(28)21(11-16)29-3/h5-13,18,28H,4H2,1-3H3,(H,24,27)(H,25,26). The average Bonchev–Trinajstić information content (AvgIpc) is 2.72. The number of benzene rings is 2. The number of carbonyl (C=O) groups excluding carboxylic acids is 1. The molecule has 7 heteroatoms. The lowest BCUT2D eigenvalue weighted by Crippen LogP contribution is -2.12. The maximum Gasteiger partial charge on any atom is 0.221 e. The van der Waals surface area contributed by atoms with Gasteiger partial charge in [0.15, 0.2) is 11.5 Å². The molecule has 1 heterocycles. The van der Waals surface area contributed by atoms with Crippen LogP contribution in [0.1, 0.15) is 31.9 Å². The third-order valence-corrected chi connectivity index (χ3v) is 4.45. The lowest BCUT2D eigenvalue weighted by atomic mass is 10.0. The molecule has 0 bridgehead atoms. The Balaban J connectivity index is 1.84. The molecule has 2 aromatic carbocycles. The summed E-state index contributed by atoms with van der Waals surface area (Å²) < 4.78 is 5.17. The molecule has 29 heavy (non-hydrogen) atoms. The fourth-order valence-electron chi connectivity index (χ4n) is 3.05. The van der Waals surface area contributed by atoms with E-state index >= 15 is 0 Å². The molecule has 3 rings (SSSR count). The number of nitrogens with one attached hydrogen (secondary N) is 2. The van der Waals surface area contributed by atoms with Crippen molar-refractivity contribution >= 4 is 17.4 Å². The Kier molecular flexibility index (Phi) is 6.29. The number of hydrogen-bond donors (Lipinski definition) is 3. The SMILES string of the molecule is CCC(Nc1cncc(-c2ccc(O)c(OC)c2)n1)c1cccc(NC(C)=O)c1. The number of nitrogens with zero attached hydrogens (tertiary/aromatic N) is 2. The van der Waals surface area contributed by atoms with Crippen LogP contribution in [0.15, 0.2) is 54.9 Å². The predicted molar refractivity (Wildman–Crippen MR) is 113 cm³/mol. The van der Waals surface area contributed by atoms with E-state index in [2.05, 4.69) is 27.5 Å². The van der Waals surface area contributed by atoms with Crippen molar-refractivity contribution in [3.63, 3.8) is 0 Å². The molecule has 0 aliphatic heterocycles. The maximum absolute atomic E-state index is 11.3. The molecule has 3 N–H and O–H groups in total. The lowest BCUT2D eigenvalue weighted by molar-refractivity contribution is -0.114. The highest BCUT2D eigenvalue weighted by atomic mass is 16.5. The van der Waals surface area contributed by atoms with Crippen LogP contribution in [0.2, 0.25) is 0 Å². The molecule has 1 aromatic heterocycles. The zero-order valence-corrected chi connectivity index (χ0v) is 16.6. The summed E-state index contributed by atoms with van der Waals surface area (Å²) in [6.07, 6.45) is 4.15. The maximum atomic E-state index is 11.3.